The van der Waals surface area contributed by atoms with Gasteiger partial charge in [-0.25, -0.2) is 0 Å². The van der Waals surface area contributed by atoms with Crippen LogP contribution in [-0.4, -0.2) is 15.2 Å². The van der Waals surface area contributed by atoms with Crippen LogP contribution in [0.25, 0.3) is 21.5 Å². The summed E-state index contributed by atoms with van der Waals surface area (Å²) in [6.45, 7) is 0. The van der Waals surface area contributed by atoms with E-state index in [1.165, 1.54) is 21.5 Å². The van der Waals surface area contributed by atoms with Crippen LogP contribution in [0.15, 0.2) is 84.9 Å². The molecule has 0 N–H and O–H groups in total. The zero-order valence-corrected chi connectivity index (χ0v) is 19.0. The van der Waals surface area contributed by atoms with Crippen LogP contribution >= 0.6 is 17.0 Å². The Morgan fingerprint density at radius 1 is 0.708 bits per heavy atom. The van der Waals surface area contributed by atoms with E-state index in [0.29, 0.717) is 0 Å². The second-order valence-electron chi connectivity index (χ2n) is 4.96. The summed E-state index contributed by atoms with van der Waals surface area (Å²) in [6, 6.07) is 29.3. The van der Waals surface area contributed by atoms with Gasteiger partial charge in [0.15, 0.2) is 15.2 Å². The van der Waals surface area contributed by atoms with Crippen molar-refractivity contribution < 1.29 is 20.8 Å². The van der Waals surface area contributed by atoms with Gasteiger partial charge in [0, 0.05) is 0 Å². The predicted molar refractivity (Wildman–Crippen MR) is 108 cm³/mol. The first-order chi connectivity index (χ1) is 11.8. The Balaban J connectivity index is 0.000000183. The number of benzene rings is 2. The molecule has 0 spiro atoms. The van der Waals surface area contributed by atoms with Gasteiger partial charge in [-0.05, 0) is 0 Å². The summed E-state index contributed by atoms with van der Waals surface area (Å²) in [6.07, 6.45) is 0. The molecule has 4 aromatic rings. The van der Waals surface area contributed by atoms with Crippen molar-refractivity contribution in [2.24, 2.45) is 0 Å². The van der Waals surface area contributed by atoms with Crippen LogP contribution in [-0.2, 0) is 20.8 Å². The first kappa shape index (κ1) is 21.7. The Bertz CT molecular complexity index is 664. The molecule has 4 aromatic carbocycles. The first-order valence-electron chi connectivity index (χ1n) is 7.68. The molecule has 4 rings (SSSR count). The molecule has 0 heterocycles. The summed E-state index contributed by atoms with van der Waals surface area (Å²) >= 11 is -0.0756. The van der Waals surface area contributed by atoms with Crippen molar-refractivity contribution in [3.8, 4) is 0 Å². The summed E-state index contributed by atoms with van der Waals surface area (Å²) in [5.41, 5.74) is 0. The van der Waals surface area contributed by atoms with E-state index in [1.807, 2.05) is 0 Å². The van der Waals surface area contributed by atoms with Crippen molar-refractivity contribution in [3.63, 3.8) is 0 Å². The van der Waals surface area contributed by atoms with Gasteiger partial charge in [-0.15, -0.1) is 70.9 Å². The van der Waals surface area contributed by atoms with Gasteiger partial charge < -0.3 is 0 Å². The van der Waals surface area contributed by atoms with Crippen molar-refractivity contribution >= 4 is 53.8 Å². The minimum atomic E-state index is -0.826. The van der Waals surface area contributed by atoms with Gasteiger partial charge in [0.1, 0.15) is 0 Å². The molecular formula is C20H20AlCl2Zr. The number of halogens is 2. The maximum atomic E-state index is 4.93. The minimum absolute atomic E-state index is 0.750. The van der Waals surface area contributed by atoms with Crippen LogP contribution in [0.5, 0.6) is 0 Å². The van der Waals surface area contributed by atoms with Crippen LogP contribution in [0, 0.1) is 0 Å². The molecule has 0 saturated heterocycles. The monoisotopic (exact) mass is 447 g/mol. The van der Waals surface area contributed by atoms with E-state index in [-0.39, 0.29) is 0 Å². The van der Waals surface area contributed by atoms with Gasteiger partial charge in [-0.1, -0.05) is 12.1 Å². The van der Waals surface area contributed by atoms with E-state index in [1.54, 1.807) is 0 Å². The molecule has 4 heteroatoms. The quantitative estimate of drug-likeness (QED) is 0.195. The van der Waals surface area contributed by atoms with Gasteiger partial charge in [0.05, 0.1) is 0 Å². The Labute approximate surface area is 169 Å². The Hall–Kier alpha value is -0.344. The molecule has 0 saturated carbocycles. The molecule has 121 valence electrons. The largest absolute Gasteiger partial charge is 0.168 e. The molecular weight excluding hydrogens is 429 g/mol. The van der Waals surface area contributed by atoms with E-state index in [9.17, 15) is 0 Å². The number of hydrogen-bond donors (Lipinski definition) is 0. The maximum Gasteiger partial charge on any atom is -0.0809 e. The molecule has 1 radical (unpaired) electrons. The molecule has 0 unspecified atom stereocenters. The third-order valence-electron chi connectivity index (χ3n) is 3.10. The Morgan fingerprint density at radius 2 is 1.04 bits per heavy atom. The summed E-state index contributed by atoms with van der Waals surface area (Å²) < 4.78 is 0. The fourth-order valence-corrected chi connectivity index (χ4v) is 2.14. The van der Waals surface area contributed by atoms with Gasteiger partial charge in [-0.2, -0.15) is 35.0 Å². The third-order valence-corrected chi connectivity index (χ3v) is 3.10. The minimum Gasteiger partial charge on any atom is -0.168 e. The fourth-order valence-electron chi connectivity index (χ4n) is 2.14. The second kappa shape index (κ2) is 13.9. The van der Waals surface area contributed by atoms with E-state index < -0.39 is 20.8 Å². The number of rotatable bonds is 0. The fraction of sp³-hybridized carbons (Fsp3) is 0.100. The van der Waals surface area contributed by atoms with Gasteiger partial charge >= 0.3 is 37.9 Å². The van der Waals surface area contributed by atoms with Crippen molar-refractivity contribution in [3.05, 3.63) is 84.9 Å². The van der Waals surface area contributed by atoms with E-state index in [4.69, 9.17) is 17.0 Å². The van der Waals surface area contributed by atoms with Crippen LogP contribution < -0.4 is 0 Å². The van der Waals surface area contributed by atoms with Gasteiger partial charge in [0.2, 0.25) is 0 Å². The van der Waals surface area contributed by atoms with Crippen molar-refractivity contribution in [2.45, 2.75) is 11.6 Å². The van der Waals surface area contributed by atoms with E-state index in [0.717, 1.165) is 15.2 Å². The van der Waals surface area contributed by atoms with Crippen molar-refractivity contribution in [1.82, 2.24) is 0 Å². The molecule has 0 nitrogen and oxygen atoms in total. The van der Waals surface area contributed by atoms with Crippen molar-refractivity contribution in [2.75, 3.05) is 0 Å². The summed E-state index contributed by atoms with van der Waals surface area (Å²) in [5.74, 6) is 4.42. The zero-order valence-electron chi connectivity index (χ0n) is 13.9. The Morgan fingerprint density at radius 3 is 1.38 bits per heavy atom. The summed E-state index contributed by atoms with van der Waals surface area (Å²) in [4.78, 5) is 0. The van der Waals surface area contributed by atoms with Crippen LogP contribution in [0.1, 0.15) is 0 Å². The topological polar surface area (TPSA) is 0 Å². The Kier molecular flexibility index (Phi) is 12.6. The SMILES string of the molecule is [CH3][Al][CH3].[Cl][Zr+2][Cl].c1ccc2[cH-]ccc2c1.c1ccc2[cH-]ccc2c1. The first-order valence-corrected chi connectivity index (χ1v) is 16.3. The zero-order chi connectivity index (χ0) is 17.6. The third kappa shape index (κ3) is 8.16. The molecule has 0 atom stereocenters. The van der Waals surface area contributed by atoms with Crippen LogP contribution in [0.3, 0.4) is 0 Å². The number of hydrogen-bond acceptors (Lipinski definition) is 0. The van der Waals surface area contributed by atoms with Gasteiger partial charge in [0.25, 0.3) is 0 Å². The molecule has 24 heavy (non-hydrogen) atoms. The van der Waals surface area contributed by atoms with Gasteiger partial charge in [-0.3, -0.25) is 0 Å². The van der Waals surface area contributed by atoms with Crippen LogP contribution in [0.4, 0.5) is 0 Å². The van der Waals surface area contributed by atoms with Crippen LogP contribution in [0.2, 0.25) is 11.6 Å². The van der Waals surface area contributed by atoms with E-state index >= 15 is 0 Å². The normalized spacial score (nSPS) is 8.67. The second-order valence-corrected chi connectivity index (χ2v) is 9.84. The molecule has 0 aliphatic carbocycles. The van der Waals surface area contributed by atoms with Crippen molar-refractivity contribution in [1.29, 1.82) is 0 Å². The smallest absolute Gasteiger partial charge is 0.0809 e. The molecule has 0 fully saturated rings. The molecule has 0 aliphatic heterocycles. The molecule has 0 aliphatic rings. The molecule has 0 bridgehead atoms. The predicted octanol–water partition coefficient (Wildman–Crippen LogP) is 7.28. The summed E-state index contributed by atoms with van der Waals surface area (Å²) in [5, 5.41) is 5.32. The average molecular weight is 449 g/mol. The maximum absolute atomic E-state index is 4.93. The molecule has 0 amide bonds. The van der Waals surface area contributed by atoms with E-state index in [2.05, 4.69) is 96.5 Å². The average Bonchev–Trinajstić information content (AvgIpc) is 3.26. The number of fused-ring (bicyclic) bond motifs is 2. The standard InChI is InChI=1S/2C9H7.2CH3.Al.2ClH.Zr/c2*1-2-5-9-7-3-6-8(9)4-1;;;;;;/h2*1-7H;2*1H3;;2*1H;/q2*-1;;;;;;+4/p-2. The summed E-state index contributed by atoms with van der Waals surface area (Å²) in [7, 11) is 9.87. The molecule has 0 aromatic heterocycles.